The van der Waals surface area contributed by atoms with Crippen molar-refractivity contribution in [2.24, 2.45) is 0 Å². The second kappa shape index (κ2) is 7.42. The molecule has 0 saturated carbocycles. The maximum atomic E-state index is 12.3. The molecule has 136 valence electrons. The number of amides is 2. The first-order valence-corrected chi connectivity index (χ1v) is 9.49. The van der Waals surface area contributed by atoms with Crippen LogP contribution in [0.1, 0.15) is 5.56 Å². The summed E-state index contributed by atoms with van der Waals surface area (Å²) in [6.07, 6.45) is 0. The van der Waals surface area contributed by atoms with Crippen molar-refractivity contribution in [3.05, 3.63) is 65.2 Å². The number of hydrogen-bond acceptors (Lipinski definition) is 4. The lowest BCUT2D eigenvalue weighted by Gasteiger charge is -2.08. The minimum absolute atomic E-state index is 0.322. The van der Waals surface area contributed by atoms with Crippen molar-refractivity contribution in [2.75, 3.05) is 12.4 Å². The van der Waals surface area contributed by atoms with Crippen LogP contribution in [0.3, 0.4) is 0 Å². The summed E-state index contributed by atoms with van der Waals surface area (Å²) >= 11 is 7.53. The second-order valence-electron chi connectivity index (χ2n) is 5.89. The maximum Gasteiger partial charge on any atom is 0.321 e. The smallest absolute Gasteiger partial charge is 0.321 e. The number of hydrogen-bond donors (Lipinski definition) is 2. The molecule has 2 N–H and O–H groups in total. The zero-order valence-corrected chi connectivity index (χ0v) is 16.0. The predicted molar refractivity (Wildman–Crippen MR) is 111 cm³/mol. The summed E-state index contributed by atoms with van der Waals surface area (Å²) in [5.41, 5.74) is 1.69. The van der Waals surface area contributed by atoms with Gasteiger partial charge in [0.15, 0.2) is 5.13 Å². The van der Waals surface area contributed by atoms with Crippen molar-refractivity contribution < 1.29 is 9.53 Å². The zero-order valence-electron chi connectivity index (χ0n) is 14.5. The van der Waals surface area contributed by atoms with Crippen molar-refractivity contribution in [3.8, 4) is 5.75 Å². The molecule has 0 saturated heterocycles. The minimum Gasteiger partial charge on any atom is -0.494 e. The number of nitrogens with one attached hydrogen (secondary N) is 2. The first kappa shape index (κ1) is 17.6. The van der Waals surface area contributed by atoms with Gasteiger partial charge in [0.05, 0.1) is 16.8 Å². The maximum absolute atomic E-state index is 12.3. The summed E-state index contributed by atoms with van der Waals surface area (Å²) in [5, 5.41) is 8.96. The van der Waals surface area contributed by atoms with E-state index < -0.39 is 0 Å². The molecule has 2 amide bonds. The molecule has 4 aromatic rings. The molecule has 0 unspecified atom stereocenters. The number of halogens is 1. The van der Waals surface area contributed by atoms with Gasteiger partial charge in [-0.1, -0.05) is 65.4 Å². The Kier molecular flexibility index (Phi) is 4.83. The SMILES string of the molecule is COc1ccc(Cl)c2sc(NC(=O)NCc3cccc4ccccc34)nc12. The number of carbonyl (C=O) groups excluding carboxylic acids is 1. The zero-order chi connectivity index (χ0) is 18.8. The van der Waals surface area contributed by atoms with E-state index in [9.17, 15) is 4.79 Å². The van der Waals surface area contributed by atoms with Crippen LogP contribution in [-0.2, 0) is 6.54 Å². The molecule has 4 rings (SSSR count). The standard InChI is InChI=1S/C20H16ClN3O2S/c1-26-16-10-9-15(21)18-17(16)23-20(27-18)24-19(25)22-11-13-7-4-6-12-5-2-3-8-14(12)13/h2-10H,11H2,1H3,(H2,22,23,24,25). The van der Waals surface area contributed by atoms with Gasteiger partial charge >= 0.3 is 6.03 Å². The molecule has 5 nitrogen and oxygen atoms in total. The van der Waals surface area contributed by atoms with Gasteiger partial charge in [-0.3, -0.25) is 5.32 Å². The number of ether oxygens (including phenoxy) is 1. The molecule has 27 heavy (non-hydrogen) atoms. The number of aromatic nitrogens is 1. The van der Waals surface area contributed by atoms with E-state index in [0.717, 1.165) is 21.0 Å². The van der Waals surface area contributed by atoms with Crippen LogP contribution in [0.25, 0.3) is 21.0 Å². The Labute approximate surface area is 164 Å². The van der Waals surface area contributed by atoms with Crippen molar-refractivity contribution in [3.63, 3.8) is 0 Å². The molecule has 3 aromatic carbocycles. The Bertz CT molecular complexity index is 1140. The third-order valence-electron chi connectivity index (χ3n) is 4.22. The fourth-order valence-electron chi connectivity index (χ4n) is 2.93. The first-order chi connectivity index (χ1) is 13.2. The van der Waals surface area contributed by atoms with Gasteiger partial charge < -0.3 is 10.1 Å². The van der Waals surface area contributed by atoms with E-state index >= 15 is 0 Å². The summed E-state index contributed by atoms with van der Waals surface area (Å²) in [6.45, 7) is 0.419. The number of rotatable bonds is 4. The molecule has 0 bridgehead atoms. The highest BCUT2D eigenvalue weighted by Crippen LogP contribution is 2.37. The van der Waals surface area contributed by atoms with Crippen LogP contribution < -0.4 is 15.4 Å². The van der Waals surface area contributed by atoms with Crippen LogP contribution in [0.15, 0.2) is 54.6 Å². The minimum atomic E-state index is -0.322. The van der Waals surface area contributed by atoms with Gasteiger partial charge in [0.2, 0.25) is 0 Å². The van der Waals surface area contributed by atoms with E-state index in [1.54, 1.807) is 19.2 Å². The summed E-state index contributed by atoms with van der Waals surface area (Å²) in [5.74, 6) is 0.620. The third kappa shape index (κ3) is 3.54. The van der Waals surface area contributed by atoms with Crippen molar-refractivity contribution in [1.82, 2.24) is 10.3 Å². The van der Waals surface area contributed by atoms with Gasteiger partial charge in [-0.25, -0.2) is 9.78 Å². The summed E-state index contributed by atoms with van der Waals surface area (Å²) < 4.78 is 6.08. The first-order valence-electron chi connectivity index (χ1n) is 8.30. The lowest BCUT2D eigenvalue weighted by atomic mass is 10.0. The summed E-state index contributed by atoms with van der Waals surface area (Å²) in [7, 11) is 1.58. The Balaban J connectivity index is 1.50. The van der Waals surface area contributed by atoms with Gasteiger partial charge in [-0.15, -0.1) is 0 Å². The van der Waals surface area contributed by atoms with E-state index in [-0.39, 0.29) is 6.03 Å². The number of nitrogens with zero attached hydrogens (tertiary/aromatic N) is 1. The second-order valence-corrected chi connectivity index (χ2v) is 7.30. The fraction of sp³-hybridized carbons (Fsp3) is 0.100. The quantitative estimate of drug-likeness (QED) is 0.482. The van der Waals surface area contributed by atoms with Crippen molar-refractivity contribution in [1.29, 1.82) is 0 Å². The molecule has 1 heterocycles. The molecule has 0 aliphatic heterocycles. The molecule has 0 radical (unpaired) electrons. The van der Waals surface area contributed by atoms with Crippen LogP contribution in [0, 0.1) is 0 Å². The van der Waals surface area contributed by atoms with Crippen molar-refractivity contribution in [2.45, 2.75) is 6.54 Å². The molecular weight excluding hydrogens is 382 g/mol. The topological polar surface area (TPSA) is 63.2 Å². The normalized spacial score (nSPS) is 10.9. The van der Waals surface area contributed by atoms with E-state index in [4.69, 9.17) is 16.3 Å². The average molecular weight is 398 g/mol. The fourth-order valence-corrected chi connectivity index (χ4v) is 4.08. The van der Waals surface area contributed by atoms with Gasteiger partial charge in [-0.2, -0.15) is 0 Å². The van der Waals surface area contributed by atoms with Gasteiger partial charge in [0, 0.05) is 6.54 Å². The predicted octanol–water partition coefficient (Wildman–Crippen LogP) is 5.43. The van der Waals surface area contributed by atoms with Crippen LogP contribution in [0.5, 0.6) is 5.75 Å². The molecule has 1 aromatic heterocycles. The van der Waals surface area contributed by atoms with E-state index in [1.165, 1.54) is 11.3 Å². The number of thiazole rings is 1. The van der Waals surface area contributed by atoms with E-state index in [2.05, 4.69) is 27.8 Å². The van der Waals surface area contributed by atoms with Gasteiger partial charge in [0.1, 0.15) is 11.3 Å². The Morgan fingerprint density at radius 3 is 2.81 bits per heavy atom. The molecule has 7 heteroatoms. The van der Waals surface area contributed by atoms with Crippen LogP contribution in [-0.4, -0.2) is 18.1 Å². The highest BCUT2D eigenvalue weighted by Gasteiger charge is 2.14. The summed E-state index contributed by atoms with van der Waals surface area (Å²) in [6, 6.07) is 17.3. The Hall–Kier alpha value is -2.83. The molecular formula is C20H16ClN3O2S. The van der Waals surface area contributed by atoms with Gasteiger partial charge in [0.25, 0.3) is 0 Å². The van der Waals surface area contributed by atoms with E-state index in [0.29, 0.717) is 28.0 Å². The number of urea groups is 1. The molecule has 0 aliphatic carbocycles. The lowest BCUT2D eigenvalue weighted by molar-refractivity contribution is 0.252. The monoisotopic (exact) mass is 397 g/mol. The number of benzene rings is 3. The molecule has 0 aliphatic rings. The van der Waals surface area contributed by atoms with Crippen LogP contribution in [0.2, 0.25) is 5.02 Å². The molecule has 0 fully saturated rings. The number of methoxy groups -OCH3 is 1. The third-order valence-corrected chi connectivity index (χ3v) is 5.65. The number of carbonyl (C=O) groups is 1. The lowest BCUT2D eigenvalue weighted by Crippen LogP contribution is -2.28. The highest BCUT2D eigenvalue weighted by molar-refractivity contribution is 7.23. The molecule has 0 atom stereocenters. The van der Waals surface area contributed by atoms with Crippen LogP contribution >= 0.6 is 22.9 Å². The average Bonchev–Trinajstić information content (AvgIpc) is 3.11. The van der Waals surface area contributed by atoms with E-state index in [1.807, 2.05) is 30.3 Å². The summed E-state index contributed by atoms with van der Waals surface area (Å²) in [4.78, 5) is 16.7. The Morgan fingerprint density at radius 1 is 1.15 bits per heavy atom. The van der Waals surface area contributed by atoms with Crippen LogP contribution in [0.4, 0.5) is 9.93 Å². The molecule has 0 spiro atoms. The van der Waals surface area contributed by atoms with Gasteiger partial charge in [-0.05, 0) is 28.5 Å². The highest BCUT2D eigenvalue weighted by atomic mass is 35.5. The Morgan fingerprint density at radius 2 is 1.96 bits per heavy atom. The van der Waals surface area contributed by atoms with Crippen molar-refractivity contribution >= 4 is 55.1 Å². The number of anilines is 1. The number of fused-ring (bicyclic) bond motifs is 2. The largest absolute Gasteiger partial charge is 0.494 e.